The van der Waals surface area contributed by atoms with Gasteiger partial charge in [0.15, 0.2) is 0 Å². The van der Waals surface area contributed by atoms with Gasteiger partial charge in [0, 0.05) is 6.04 Å². The second-order valence-electron chi connectivity index (χ2n) is 3.69. The molecule has 0 fully saturated rings. The molecule has 5 heteroatoms. The Balaban J connectivity index is 2.40. The van der Waals surface area contributed by atoms with E-state index in [4.69, 9.17) is 0 Å². The lowest BCUT2D eigenvalue weighted by atomic mass is 10.3. The van der Waals surface area contributed by atoms with Crippen LogP contribution in [0.2, 0.25) is 0 Å². The van der Waals surface area contributed by atoms with E-state index in [2.05, 4.69) is 20.8 Å². The van der Waals surface area contributed by atoms with Gasteiger partial charge in [-0.2, -0.15) is 5.10 Å². The minimum atomic E-state index is -0.0479. The molecule has 0 aliphatic heterocycles. The maximum absolute atomic E-state index is 11.3. The van der Waals surface area contributed by atoms with Gasteiger partial charge in [0.2, 0.25) is 5.91 Å². The van der Waals surface area contributed by atoms with Gasteiger partial charge in [-0.15, -0.1) is 5.10 Å². The van der Waals surface area contributed by atoms with Crippen molar-refractivity contribution in [2.45, 2.75) is 26.8 Å². The summed E-state index contributed by atoms with van der Waals surface area (Å²) in [6.45, 7) is 5.99. The van der Waals surface area contributed by atoms with E-state index in [1.165, 1.54) is 0 Å². The molecule has 0 aliphatic rings. The fourth-order valence-electron chi connectivity index (χ4n) is 1.09. The predicted molar refractivity (Wildman–Crippen MR) is 58.5 cm³/mol. The Kier molecular flexibility index (Phi) is 4.03. The van der Waals surface area contributed by atoms with Crippen molar-refractivity contribution in [3.63, 3.8) is 0 Å². The third-order valence-electron chi connectivity index (χ3n) is 1.67. The van der Waals surface area contributed by atoms with Crippen LogP contribution in [-0.2, 0) is 4.79 Å². The fraction of sp³-hybridized carbons (Fsp3) is 0.500. The van der Waals surface area contributed by atoms with E-state index in [1.54, 1.807) is 6.20 Å². The van der Waals surface area contributed by atoms with Crippen LogP contribution in [0.3, 0.4) is 0 Å². The van der Waals surface area contributed by atoms with Gasteiger partial charge in [0.25, 0.3) is 0 Å². The normalized spacial score (nSPS) is 10.1. The van der Waals surface area contributed by atoms with E-state index >= 15 is 0 Å². The molecule has 2 N–H and O–H groups in total. The summed E-state index contributed by atoms with van der Waals surface area (Å²) < 4.78 is 0. The van der Waals surface area contributed by atoms with Gasteiger partial charge >= 0.3 is 0 Å². The van der Waals surface area contributed by atoms with Crippen LogP contribution in [0.4, 0.5) is 5.82 Å². The molecule has 1 aromatic heterocycles. The van der Waals surface area contributed by atoms with Crippen molar-refractivity contribution in [1.82, 2.24) is 15.5 Å². The zero-order valence-electron chi connectivity index (χ0n) is 9.24. The van der Waals surface area contributed by atoms with E-state index in [1.807, 2.05) is 26.8 Å². The molecule has 82 valence electrons. The van der Waals surface area contributed by atoms with Crippen molar-refractivity contribution in [2.75, 3.05) is 11.9 Å². The second-order valence-corrected chi connectivity index (χ2v) is 3.69. The molecule has 1 rings (SSSR count). The van der Waals surface area contributed by atoms with Crippen LogP contribution in [0.1, 0.15) is 19.4 Å². The number of nitrogens with one attached hydrogen (secondary N) is 2. The molecule has 1 amide bonds. The van der Waals surface area contributed by atoms with Crippen molar-refractivity contribution in [3.8, 4) is 0 Å². The molecule has 0 aliphatic carbocycles. The summed E-state index contributed by atoms with van der Waals surface area (Å²) in [7, 11) is 0. The highest BCUT2D eigenvalue weighted by Gasteiger charge is 2.03. The number of carbonyl (C=O) groups excluding carboxylic acids is 1. The molecule has 0 aromatic carbocycles. The van der Waals surface area contributed by atoms with Gasteiger partial charge in [-0.05, 0) is 32.4 Å². The van der Waals surface area contributed by atoms with E-state index in [-0.39, 0.29) is 18.5 Å². The molecule has 1 heterocycles. The fourth-order valence-corrected chi connectivity index (χ4v) is 1.09. The van der Waals surface area contributed by atoms with Crippen LogP contribution < -0.4 is 10.6 Å². The Morgan fingerprint density at radius 1 is 1.53 bits per heavy atom. The number of anilines is 1. The number of hydrogen-bond donors (Lipinski definition) is 2. The zero-order chi connectivity index (χ0) is 11.3. The molecular formula is C10H16N4O. The van der Waals surface area contributed by atoms with Crippen LogP contribution >= 0.6 is 0 Å². The van der Waals surface area contributed by atoms with E-state index < -0.39 is 0 Å². The Bertz CT molecular complexity index is 338. The zero-order valence-corrected chi connectivity index (χ0v) is 9.24. The van der Waals surface area contributed by atoms with Crippen molar-refractivity contribution >= 4 is 11.7 Å². The van der Waals surface area contributed by atoms with Crippen LogP contribution in [0.15, 0.2) is 12.3 Å². The first kappa shape index (κ1) is 11.4. The van der Waals surface area contributed by atoms with Gasteiger partial charge in [-0.1, -0.05) is 0 Å². The van der Waals surface area contributed by atoms with Crippen molar-refractivity contribution in [3.05, 3.63) is 17.8 Å². The first-order valence-corrected chi connectivity index (χ1v) is 4.90. The SMILES string of the molecule is Cc1cnnc(NCC(=O)NC(C)C)c1. The smallest absolute Gasteiger partial charge is 0.239 e. The number of aryl methyl sites for hydroxylation is 1. The predicted octanol–water partition coefficient (Wildman–Crippen LogP) is 0.722. The summed E-state index contributed by atoms with van der Waals surface area (Å²) >= 11 is 0. The highest BCUT2D eigenvalue weighted by atomic mass is 16.1. The molecule has 5 nitrogen and oxygen atoms in total. The van der Waals surface area contributed by atoms with Gasteiger partial charge < -0.3 is 10.6 Å². The molecule has 1 aromatic rings. The summed E-state index contributed by atoms with van der Waals surface area (Å²) in [6, 6.07) is 2.00. The highest BCUT2D eigenvalue weighted by molar-refractivity contribution is 5.80. The lowest BCUT2D eigenvalue weighted by Crippen LogP contribution is -2.35. The molecule has 0 radical (unpaired) electrons. The number of nitrogens with zero attached hydrogens (tertiary/aromatic N) is 2. The summed E-state index contributed by atoms with van der Waals surface area (Å²) in [5.74, 6) is 0.571. The quantitative estimate of drug-likeness (QED) is 0.765. The maximum atomic E-state index is 11.3. The molecule has 15 heavy (non-hydrogen) atoms. The summed E-state index contributed by atoms with van der Waals surface area (Å²) in [4.78, 5) is 11.3. The van der Waals surface area contributed by atoms with E-state index in [0.717, 1.165) is 5.56 Å². The minimum Gasteiger partial charge on any atom is -0.360 e. The first-order valence-electron chi connectivity index (χ1n) is 4.90. The van der Waals surface area contributed by atoms with Crippen LogP contribution in [0.25, 0.3) is 0 Å². The maximum Gasteiger partial charge on any atom is 0.239 e. The van der Waals surface area contributed by atoms with Gasteiger partial charge in [0.05, 0.1) is 12.7 Å². The van der Waals surface area contributed by atoms with E-state index in [0.29, 0.717) is 5.82 Å². The molecule has 0 spiro atoms. The molecule has 0 unspecified atom stereocenters. The van der Waals surface area contributed by atoms with Gasteiger partial charge in [0.1, 0.15) is 5.82 Å². The Morgan fingerprint density at radius 2 is 2.27 bits per heavy atom. The molecule has 0 saturated carbocycles. The Labute approximate surface area is 89.3 Å². The van der Waals surface area contributed by atoms with Crippen molar-refractivity contribution in [2.24, 2.45) is 0 Å². The number of amides is 1. The van der Waals surface area contributed by atoms with Gasteiger partial charge in [-0.25, -0.2) is 0 Å². The molecular weight excluding hydrogens is 192 g/mol. The summed E-state index contributed by atoms with van der Waals surface area (Å²) in [5.41, 5.74) is 1.01. The molecule has 0 bridgehead atoms. The van der Waals surface area contributed by atoms with Crippen molar-refractivity contribution in [1.29, 1.82) is 0 Å². The third-order valence-corrected chi connectivity index (χ3v) is 1.67. The topological polar surface area (TPSA) is 66.9 Å². The Morgan fingerprint density at radius 3 is 2.87 bits per heavy atom. The minimum absolute atomic E-state index is 0.0479. The summed E-state index contributed by atoms with van der Waals surface area (Å²) in [6.07, 6.45) is 1.67. The number of carbonyl (C=O) groups is 1. The number of aromatic nitrogens is 2. The van der Waals surface area contributed by atoms with Gasteiger partial charge in [-0.3, -0.25) is 4.79 Å². The Hall–Kier alpha value is -1.65. The summed E-state index contributed by atoms with van der Waals surface area (Å²) in [5, 5.41) is 13.3. The van der Waals surface area contributed by atoms with Crippen LogP contribution in [0.5, 0.6) is 0 Å². The number of rotatable bonds is 4. The van der Waals surface area contributed by atoms with Crippen LogP contribution in [-0.4, -0.2) is 28.7 Å². The lowest BCUT2D eigenvalue weighted by molar-refractivity contribution is -0.119. The average molecular weight is 208 g/mol. The third kappa shape index (κ3) is 4.39. The first-order chi connectivity index (χ1) is 7.08. The highest BCUT2D eigenvalue weighted by Crippen LogP contribution is 2.01. The number of hydrogen-bond acceptors (Lipinski definition) is 4. The molecule has 0 atom stereocenters. The standard InChI is InChI=1S/C10H16N4O/c1-7(2)13-10(15)6-11-9-4-8(3)5-12-14-9/h4-5,7H,6H2,1-3H3,(H,11,14)(H,13,15). The largest absolute Gasteiger partial charge is 0.360 e. The monoisotopic (exact) mass is 208 g/mol. The average Bonchev–Trinajstić information content (AvgIpc) is 2.14. The van der Waals surface area contributed by atoms with Crippen molar-refractivity contribution < 1.29 is 4.79 Å². The van der Waals surface area contributed by atoms with E-state index in [9.17, 15) is 4.79 Å². The van der Waals surface area contributed by atoms with Crippen LogP contribution in [0, 0.1) is 6.92 Å². The molecule has 0 saturated heterocycles. The lowest BCUT2D eigenvalue weighted by Gasteiger charge is -2.09. The second kappa shape index (κ2) is 5.29.